The molecule has 2 unspecified atom stereocenters. The Morgan fingerprint density at radius 2 is 2.33 bits per heavy atom. The van der Waals surface area contributed by atoms with Crippen molar-refractivity contribution < 1.29 is 4.74 Å². The van der Waals surface area contributed by atoms with E-state index in [1.807, 2.05) is 6.92 Å². The molecule has 1 rings (SSSR count). The monoisotopic (exact) mass is 228 g/mol. The molecule has 15 heavy (non-hydrogen) atoms. The Labute approximate surface area is 95.7 Å². The van der Waals surface area contributed by atoms with E-state index in [1.54, 1.807) is 18.4 Å². The average Bonchev–Trinajstić information content (AvgIpc) is 2.66. The molecule has 0 aliphatic rings. The highest BCUT2D eigenvalue weighted by molar-refractivity contribution is 7.09. The maximum absolute atomic E-state index is 6.00. The fraction of sp³-hybridized carbons (Fsp3) is 0.727. The van der Waals surface area contributed by atoms with Crippen LogP contribution in [0.25, 0.3) is 0 Å². The summed E-state index contributed by atoms with van der Waals surface area (Å²) >= 11 is 1.68. The van der Waals surface area contributed by atoms with Crippen LogP contribution in [0.5, 0.6) is 0 Å². The zero-order chi connectivity index (χ0) is 11.3. The van der Waals surface area contributed by atoms with Gasteiger partial charge in [-0.2, -0.15) is 0 Å². The van der Waals surface area contributed by atoms with Crippen molar-refractivity contribution in [2.45, 2.75) is 45.3 Å². The smallest absolute Gasteiger partial charge is 0.0954 e. The first-order chi connectivity index (χ1) is 7.17. The van der Waals surface area contributed by atoms with Crippen molar-refractivity contribution in [1.82, 2.24) is 4.98 Å². The summed E-state index contributed by atoms with van der Waals surface area (Å²) in [6.45, 7) is 4.19. The van der Waals surface area contributed by atoms with Crippen LogP contribution in [0.15, 0.2) is 5.38 Å². The van der Waals surface area contributed by atoms with E-state index >= 15 is 0 Å². The molecule has 0 amide bonds. The van der Waals surface area contributed by atoms with Gasteiger partial charge in [0.2, 0.25) is 0 Å². The van der Waals surface area contributed by atoms with Crippen molar-refractivity contribution in [3.8, 4) is 0 Å². The van der Waals surface area contributed by atoms with Crippen molar-refractivity contribution in [2.75, 3.05) is 7.11 Å². The van der Waals surface area contributed by atoms with E-state index in [1.165, 1.54) is 0 Å². The highest BCUT2D eigenvalue weighted by Gasteiger charge is 2.11. The maximum atomic E-state index is 6.00. The normalized spacial score (nSPS) is 15.2. The van der Waals surface area contributed by atoms with Gasteiger partial charge in [-0.3, -0.25) is 0 Å². The van der Waals surface area contributed by atoms with Gasteiger partial charge < -0.3 is 10.5 Å². The number of nitrogens with zero attached hydrogens (tertiary/aromatic N) is 1. The molecule has 0 spiro atoms. The lowest BCUT2D eigenvalue weighted by Crippen LogP contribution is -2.11. The Morgan fingerprint density at radius 3 is 2.93 bits per heavy atom. The number of rotatable bonds is 6. The van der Waals surface area contributed by atoms with Crippen molar-refractivity contribution in [1.29, 1.82) is 0 Å². The molecule has 0 aliphatic heterocycles. The zero-order valence-corrected chi connectivity index (χ0v) is 10.5. The Balaban J connectivity index is 2.55. The number of aromatic nitrogens is 1. The van der Waals surface area contributed by atoms with Crippen LogP contribution in [-0.2, 0) is 11.2 Å². The third kappa shape index (κ3) is 3.89. The summed E-state index contributed by atoms with van der Waals surface area (Å²) < 4.78 is 5.21. The van der Waals surface area contributed by atoms with E-state index in [4.69, 9.17) is 10.5 Å². The third-order valence-electron chi connectivity index (χ3n) is 2.41. The van der Waals surface area contributed by atoms with Gasteiger partial charge in [-0.15, -0.1) is 11.3 Å². The van der Waals surface area contributed by atoms with Crippen LogP contribution in [0.2, 0.25) is 0 Å². The van der Waals surface area contributed by atoms with Gasteiger partial charge >= 0.3 is 0 Å². The molecule has 0 aliphatic carbocycles. The van der Waals surface area contributed by atoms with Gasteiger partial charge in [-0.05, 0) is 13.3 Å². The van der Waals surface area contributed by atoms with Crippen molar-refractivity contribution in [3.05, 3.63) is 16.1 Å². The average molecular weight is 228 g/mol. The Morgan fingerprint density at radius 1 is 1.60 bits per heavy atom. The molecule has 0 saturated carbocycles. The van der Waals surface area contributed by atoms with Crippen LogP contribution < -0.4 is 5.73 Å². The van der Waals surface area contributed by atoms with E-state index in [2.05, 4.69) is 17.3 Å². The number of hydrogen-bond donors (Lipinski definition) is 1. The minimum absolute atomic E-state index is 0.0952. The van der Waals surface area contributed by atoms with Crippen LogP contribution in [0.1, 0.15) is 43.4 Å². The Bertz CT molecular complexity index is 288. The molecule has 86 valence electrons. The van der Waals surface area contributed by atoms with Gasteiger partial charge in [-0.25, -0.2) is 4.98 Å². The van der Waals surface area contributed by atoms with Crippen molar-refractivity contribution >= 4 is 11.3 Å². The van der Waals surface area contributed by atoms with Gasteiger partial charge in [0.1, 0.15) is 0 Å². The molecule has 3 nitrogen and oxygen atoms in total. The molecule has 0 bridgehead atoms. The SMILES string of the molecule is CCCC(N)c1csc(CC(C)OC)n1. The lowest BCUT2D eigenvalue weighted by molar-refractivity contribution is 0.118. The van der Waals surface area contributed by atoms with Gasteiger partial charge in [0.05, 0.1) is 16.8 Å². The van der Waals surface area contributed by atoms with Crippen molar-refractivity contribution in [2.24, 2.45) is 5.73 Å². The molecule has 0 aromatic carbocycles. The summed E-state index contributed by atoms with van der Waals surface area (Å²) in [4.78, 5) is 4.53. The summed E-state index contributed by atoms with van der Waals surface area (Å²) in [5.41, 5.74) is 7.02. The topological polar surface area (TPSA) is 48.1 Å². The molecular weight excluding hydrogens is 208 g/mol. The van der Waals surface area contributed by atoms with E-state index in [0.29, 0.717) is 0 Å². The van der Waals surface area contributed by atoms with Crippen LogP contribution >= 0.6 is 11.3 Å². The molecule has 0 saturated heterocycles. The molecule has 1 aromatic heterocycles. The van der Waals surface area contributed by atoms with Crippen LogP contribution in [0.3, 0.4) is 0 Å². The highest BCUT2D eigenvalue weighted by atomic mass is 32.1. The second-order valence-electron chi connectivity index (χ2n) is 3.81. The fourth-order valence-corrected chi connectivity index (χ4v) is 2.35. The second kappa shape index (κ2) is 6.20. The van der Waals surface area contributed by atoms with Gasteiger partial charge in [-0.1, -0.05) is 13.3 Å². The number of thiazole rings is 1. The maximum Gasteiger partial charge on any atom is 0.0954 e. The molecular formula is C11H20N2OS. The Kier molecular flexibility index (Phi) is 5.22. The number of ether oxygens (including phenoxy) is 1. The first-order valence-corrected chi connectivity index (χ1v) is 6.28. The zero-order valence-electron chi connectivity index (χ0n) is 9.69. The largest absolute Gasteiger partial charge is 0.381 e. The molecule has 4 heteroatoms. The standard InChI is InChI=1S/C11H20N2OS/c1-4-5-9(12)10-7-15-11(13-10)6-8(2)14-3/h7-9H,4-6,12H2,1-3H3. The highest BCUT2D eigenvalue weighted by Crippen LogP contribution is 2.19. The van der Waals surface area contributed by atoms with Crippen LogP contribution in [0.4, 0.5) is 0 Å². The second-order valence-corrected chi connectivity index (χ2v) is 4.75. The fourth-order valence-electron chi connectivity index (χ4n) is 1.38. The number of methoxy groups -OCH3 is 1. The lowest BCUT2D eigenvalue weighted by atomic mass is 10.1. The van der Waals surface area contributed by atoms with Gasteiger partial charge in [0.15, 0.2) is 0 Å². The predicted molar refractivity (Wildman–Crippen MR) is 64.1 cm³/mol. The van der Waals surface area contributed by atoms with Crippen LogP contribution in [-0.4, -0.2) is 18.2 Å². The molecule has 0 fully saturated rings. The van der Waals surface area contributed by atoms with Gasteiger partial charge in [0, 0.05) is 25.0 Å². The summed E-state index contributed by atoms with van der Waals surface area (Å²) in [5, 5.41) is 3.18. The Hall–Kier alpha value is -0.450. The number of hydrogen-bond acceptors (Lipinski definition) is 4. The quantitative estimate of drug-likeness (QED) is 0.814. The van der Waals surface area contributed by atoms with E-state index < -0.39 is 0 Å². The minimum atomic E-state index is 0.0952. The molecule has 1 aromatic rings. The molecule has 2 N–H and O–H groups in total. The first-order valence-electron chi connectivity index (χ1n) is 5.40. The molecule has 1 heterocycles. The van der Waals surface area contributed by atoms with E-state index in [9.17, 15) is 0 Å². The van der Waals surface area contributed by atoms with Crippen molar-refractivity contribution in [3.63, 3.8) is 0 Å². The third-order valence-corrected chi connectivity index (χ3v) is 3.30. The lowest BCUT2D eigenvalue weighted by Gasteiger charge is -2.07. The first kappa shape index (κ1) is 12.6. The van der Waals surface area contributed by atoms with E-state index in [-0.39, 0.29) is 12.1 Å². The molecule has 2 atom stereocenters. The van der Waals surface area contributed by atoms with Crippen LogP contribution in [0, 0.1) is 0 Å². The summed E-state index contributed by atoms with van der Waals surface area (Å²) in [5.74, 6) is 0. The van der Waals surface area contributed by atoms with Gasteiger partial charge in [0.25, 0.3) is 0 Å². The summed E-state index contributed by atoms with van der Waals surface area (Å²) in [7, 11) is 1.72. The number of nitrogens with two attached hydrogens (primary N) is 1. The summed E-state index contributed by atoms with van der Waals surface area (Å²) in [6.07, 6.45) is 3.21. The predicted octanol–water partition coefficient (Wildman–Crippen LogP) is 2.52. The minimum Gasteiger partial charge on any atom is -0.381 e. The van der Waals surface area contributed by atoms with E-state index in [0.717, 1.165) is 30.0 Å². The summed E-state index contributed by atoms with van der Waals surface area (Å²) in [6, 6.07) is 0.0952. The molecule has 0 radical (unpaired) electrons.